The van der Waals surface area contributed by atoms with E-state index in [-0.39, 0.29) is 10.8 Å². The summed E-state index contributed by atoms with van der Waals surface area (Å²) >= 11 is 0. The van der Waals surface area contributed by atoms with Gasteiger partial charge in [0.1, 0.15) is 4.90 Å². The number of hydrogen-bond donors (Lipinski definition) is 1. The van der Waals surface area contributed by atoms with Crippen LogP contribution in [0.5, 0.6) is 0 Å². The van der Waals surface area contributed by atoms with Gasteiger partial charge in [-0.05, 0) is 0 Å². The second kappa shape index (κ2) is 3.27. The highest BCUT2D eigenvalue weighted by Gasteiger charge is 2.17. The predicted octanol–water partition coefficient (Wildman–Crippen LogP) is -0.691. The van der Waals surface area contributed by atoms with Gasteiger partial charge in [0.2, 0.25) is 16.0 Å². The smallest absolute Gasteiger partial charge is 0.245 e. The molecule has 0 aliphatic carbocycles. The van der Waals surface area contributed by atoms with Crippen LogP contribution in [-0.2, 0) is 10.0 Å². The summed E-state index contributed by atoms with van der Waals surface area (Å²) < 4.78 is 24.0. The molecule has 0 aliphatic heterocycles. The van der Waals surface area contributed by atoms with Gasteiger partial charge in [0.25, 0.3) is 0 Å². The quantitative estimate of drug-likeness (QED) is 0.685. The van der Waals surface area contributed by atoms with Crippen LogP contribution in [0, 0.1) is 0 Å². The molecule has 0 aliphatic rings. The lowest BCUT2D eigenvalue weighted by Gasteiger charge is -2.09. The number of sulfonamides is 1. The fraction of sp³-hybridized carbons (Fsp3) is 0.333. The SMILES string of the molecule is CN(C)S(=O)(=O)c1cnc(N)nc1. The fourth-order valence-corrected chi connectivity index (χ4v) is 1.46. The summed E-state index contributed by atoms with van der Waals surface area (Å²) in [6.45, 7) is 0. The van der Waals surface area contributed by atoms with Gasteiger partial charge < -0.3 is 5.73 Å². The molecule has 1 rings (SSSR count). The zero-order valence-electron chi connectivity index (χ0n) is 7.30. The molecule has 0 saturated heterocycles. The van der Waals surface area contributed by atoms with Crippen LogP contribution < -0.4 is 5.73 Å². The van der Waals surface area contributed by atoms with Crippen molar-refractivity contribution in [2.45, 2.75) is 4.90 Å². The second-order valence-corrected chi connectivity index (χ2v) is 4.72. The zero-order chi connectivity index (χ0) is 10.1. The molecule has 1 aromatic heterocycles. The second-order valence-electron chi connectivity index (χ2n) is 2.56. The average Bonchev–Trinajstić information content (AvgIpc) is 2.04. The Hall–Kier alpha value is -1.21. The van der Waals surface area contributed by atoms with Gasteiger partial charge in [-0.15, -0.1) is 0 Å². The maximum absolute atomic E-state index is 11.4. The van der Waals surface area contributed by atoms with E-state index in [0.29, 0.717) is 0 Å². The topological polar surface area (TPSA) is 89.2 Å². The number of rotatable bonds is 2. The molecule has 0 saturated carbocycles. The lowest BCUT2D eigenvalue weighted by Crippen LogP contribution is -2.22. The lowest BCUT2D eigenvalue weighted by molar-refractivity contribution is 0.520. The highest BCUT2D eigenvalue weighted by atomic mass is 32.2. The number of nitrogen functional groups attached to an aromatic ring is 1. The maximum atomic E-state index is 11.4. The highest BCUT2D eigenvalue weighted by Crippen LogP contribution is 2.09. The summed E-state index contributed by atoms with van der Waals surface area (Å²) in [6.07, 6.45) is 2.36. The number of hydrogen-bond acceptors (Lipinski definition) is 5. The molecule has 0 amide bonds. The van der Waals surface area contributed by atoms with Crippen molar-refractivity contribution >= 4 is 16.0 Å². The van der Waals surface area contributed by atoms with E-state index in [4.69, 9.17) is 5.73 Å². The van der Waals surface area contributed by atoms with Crippen LogP contribution in [0.1, 0.15) is 0 Å². The molecule has 0 atom stereocenters. The normalized spacial score (nSPS) is 11.9. The van der Waals surface area contributed by atoms with Crippen molar-refractivity contribution in [2.75, 3.05) is 19.8 Å². The van der Waals surface area contributed by atoms with Crippen molar-refractivity contribution in [3.8, 4) is 0 Å². The van der Waals surface area contributed by atoms with E-state index >= 15 is 0 Å². The first-order valence-electron chi connectivity index (χ1n) is 3.44. The number of nitrogens with zero attached hydrogens (tertiary/aromatic N) is 3. The molecule has 0 aromatic carbocycles. The van der Waals surface area contributed by atoms with Crippen LogP contribution in [0.25, 0.3) is 0 Å². The van der Waals surface area contributed by atoms with Crippen LogP contribution in [0.3, 0.4) is 0 Å². The summed E-state index contributed by atoms with van der Waals surface area (Å²) in [6, 6.07) is 0. The average molecular weight is 202 g/mol. The summed E-state index contributed by atoms with van der Waals surface area (Å²) in [4.78, 5) is 7.21. The Morgan fingerprint density at radius 1 is 1.31 bits per heavy atom. The third-order valence-corrected chi connectivity index (χ3v) is 3.19. The van der Waals surface area contributed by atoms with E-state index in [1.54, 1.807) is 0 Å². The molecule has 6 nitrogen and oxygen atoms in total. The number of nitrogens with two attached hydrogens (primary N) is 1. The number of aromatic nitrogens is 2. The minimum Gasteiger partial charge on any atom is -0.368 e. The molecule has 13 heavy (non-hydrogen) atoms. The zero-order valence-corrected chi connectivity index (χ0v) is 8.11. The molecule has 0 fully saturated rings. The Bertz CT molecular complexity index is 384. The standard InChI is InChI=1S/C6H10N4O2S/c1-10(2)13(11,12)5-3-8-6(7)9-4-5/h3-4H,1-2H3,(H2,7,8,9). The lowest BCUT2D eigenvalue weighted by atomic mass is 10.7. The Morgan fingerprint density at radius 2 is 1.77 bits per heavy atom. The molecule has 0 radical (unpaired) electrons. The van der Waals surface area contributed by atoms with E-state index < -0.39 is 10.0 Å². The third kappa shape index (κ3) is 1.93. The Balaban J connectivity index is 3.17. The van der Waals surface area contributed by atoms with Gasteiger partial charge in [0.15, 0.2) is 0 Å². The van der Waals surface area contributed by atoms with E-state index in [1.807, 2.05) is 0 Å². The first kappa shape index (κ1) is 9.87. The number of anilines is 1. The first-order valence-corrected chi connectivity index (χ1v) is 4.88. The van der Waals surface area contributed by atoms with Gasteiger partial charge in [-0.3, -0.25) is 0 Å². The summed E-state index contributed by atoms with van der Waals surface area (Å²) in [5, 5.41) is 0. The summed E-state index contributed by atoms with van der Waals surface area (Å²) in [5.41, 5.74) is 5.22. The molecular weight excluding hydrogens is 192 g/mol. The fourth-order valence-electron chi connectivity index (χ4n) is 0.670. The summed E-state index contributed by atoms with van der Waals surface area (Å²) in [5.74, 6) is 0.0534. The van der Waals surface area contributed by atoms with Crippen molar-refractivity contribution in [3.63, 3.8) is 0 Å². The van der Waals surface area contributed by atoms with Gasteiger partial charge in [0, 0.05) is 14.1 Å². The summed E-state index contributed by atoms with van der Waals surface area (Å²) in [7, 11) is -0.568. The van der Waals surface area contributed by atoms with Crippen molar-refractivity contribution < 1.29 is 8.42 Å². The van der Waals surface area contributed by atoms with Crippen molar-refractivity contribution in [2.24, 2.45) is 0 Å². The van der Waals surface area contributed by atoms with Gasteiger partial charge in [-0.2, -0.15) is 0 Å². The van der Waals surface area contributed by atoms with Crippen LogP contribution >= 0.6 is 0 Å². The van der Waals surface area contributed by atoms with Crippen molar-refractivity contribution in [1.82, 2.24) is 14.3 Å². The Labute approximate surface area is 76.5 Å². The third-order valence-electron chi connectivity index (χ3n) is 1.43. The van der Waals surface area contributed by atoms with Crippen LogP contribution in [0.2, 0.25) is 0 Å². The van der Waals surface area contributed by atoms with Crippen LogP contribution in [0.4, 0.5) is 5.95 Å². The monoisotopic (exact) mass is 202 g/mol. The van der Waals surface area contributed by atoms with Gasteiger partial charge in [-0.25, -0.2) is 22.7 Å². The molecule has 2 N–H and O–H groups in total. The maximum Gasteiger partial charge on any atom is 0.245 e. The minimum absolute atomic E-state index is 0.0340. The minimum atomic E-state index is -3.44. The van der Waals surface area contributed by atoms with E-state index in [0.717, 1.165) is 4.31 Å². The molecule has 72 valence electrons. The largest absolute Gasteiger partial charge is 0.368 e. The van der Waals surface area contributed by atoms with E-state index in [9.17, 15) is 8.42 Å². The van der Waals surface area contributed by atoms with Crippen LogP contribution in [-0.4, -0.2) is 36.8 Å². The predicted molar refractivity (Wildman–Crippen MR) is 47.3 cm³/mol. The molecule has 0 unspecified atom stereocenters. The molecule has 1 aromatic rings. The molecular formula is C6H10N4O2S. The van der Waals surface area contributed by atoms with Crippen LogP contribution in [0.15, 0.2) is 17.3 Å². The molecule has 7 heteroatoms. The molecule has 0 bridgehead atoms. The molecule has 1 heterocycles. The highest BCUT2D eigenvalue weighted by molar-refractivity contribution is 7.89. The first-order chi connectivity index (χ1) is 5.94. The Kier molecular flexibility index (Phi) is 2.48. The van der Waals surface area contributed by atoms with Crippen molar-refractivity contribution in [1.29, 1.82) is 0 Å². The van der Waals surface area contributed by atoms with Gasteiger partial charge in [0.05, 0.1) is 12.4 Å². The molecule has 0 spiro atoms. The van der Waals surface area contributed by atoms with Gasteiger partial charge in [-0.1, -0.05) is 0 Å². The Morgan fingerprint density at radius 3 is 2.15 bits per heavy atom. The van der Waals surface area contributed by atoms with Gasteiger partial charge >= 0.3 is 0 Å². The van der Waals surface area contributed by atoms with E-state index in [2.05, 4.69) is 9.97 Å². The van der Waals surface area contributed by atoms with E-state index in [1.165, 1.54) is 26.5 Å². The van der Waals surface area contributed by atoms with Crippen molar-refractivity contribution in [3.05, 3.63) is 12.4 Å².